The number of anilines is 2. The van der Waals surface area contributed by atoms with E-state index in [0.29, 0.717) is 27.6 Å². The maximum Gasteiger partial charge on any atom is 0.416 e. The van der Waals surface area contributed by atoms with Crippen molar-refractivity contribution in [3.8, 4) is 0 Å². The van der Waals surface area contributed by atoms with Crippen LogP contribution in [0.25, 0.3) is 6.08 Å². The lowest BCUT2D eigenvalue weighted by atomic mass is 10.0. The van der Waals surface area contributed by atoms with Crippen molar-refractivity contribution < 1.29 is 27.6 Å². The normalized spacial score (nSPS) is 12.2. The van der Waals surface area contributed by atoms with Crippen LogP contribution in [-0.4, -0.2) is 17.7 Å². The standard InChI is InChI=1S/C40H34F3N3O3S/c1-26(2)28-21-19-27(20-22-28)23-35(46-37(47)30-13-7-4-8-14-30)38(48)44-33-17-10-18-34(25-33)50-36(29-11-5-3-6-12-29)39(49)45-32-16-9-15-31(24-32)40(41,42)43/h3-26,36H,1-2H3,(H,44,48)(H,45,49)(H,46,47)/b35-23+. The van der Waals surface area contributed by atoms with Gasteiger partial charge in [0.25, 0.3) is 11.8 Å². The van der Waals surface area contributed by atoms with Crippen LogP contribution in [0.2, 0.25) is 0 Å². The van der Waals surface area contributed by atoms with E-state index in [4.69, 9.17) is 0 Å². The van der Waals surface area contributed by atoms with E-state index in [1.54, 1.807) is 91.0 Å². The predicted molar refractivity (Wildman–Crippen MR) is 193 cm³/mol. The monoisotopic (exact) mass is 693 g/mol. The lowest BCUT2D eigenvalue weighted by molar-refractivity contribution is -0.137. The molecule has 5 aromatic carbocycles. The van der Waals surface area contributed by atoms with Crippen LogP contribution in [-0.2, 0) is 15.8 Å². The zero-order chi connectivity index (χ0) is 35.7. The van der Waals surface area contributed by atoms with Crippen LogP contribution >= 0.6 is 11.8 Å². The zero-order valence-electron chi connectivity index (χ0n) is 27.2. The summed E-state index contributed by atoms with van der Waals surface area (Å²) in [5, 5.41) is 7.37. The van der Waals surface area contributed by atoms with Crippen molar-refractivity contribution in [1.29, 1.82) is 0 Å². The fraction of sp³-hybridized carbons (Fsp3) is 0.125. The summed E-state index contributed by atoms with van der Waals surface area (Å²) < 4.78 is 39.9. The third kappa shape index (κ3) is 9.73. The number of benzene rings is 5. The molecule has 0 aliphatic carbocycles. The molecule has 1 atom stereocenters. The number of nitrogens with one attached hydrogen (secondary N) is 3. The van der Waals surface area contributed by atoms with Gasteiger partial charge >= 0.3 is 6.18 Å². The second-order valence-corrected chi connectivity index (χ2v) is 12.8. The van der Waals surface area contributed by atoms with Crippen LogP contribution in [0.1, 0.15) is 57.6 Å². The molecule has 3 amide bonds. The van der Waals surface area contributed by atoms with Gasteiger partial charge in [0, 0.05) is 21.8 Å². The Hall–Kier alpha value is -5.61. The number of halogens is 3. The van der Waals surface area contributed by atoms with Crippen LogP contribution in [0.5, 0.6) is 0 Å². The van der Waals surface area contributed by atoms with Crippen molar-refractivity contribution in [3.63, 3.8) is 0 Å². The van der Waals surface area contributed by atoms with E-state index in [-0.39, 0.29) is 11.4 Å². The molecule has 50 heavy (non-hydrogen) atoms. The highest BCUT2D eigenvalue weighted by Crippen LogP contribution is 2.38. The fourth-order valence-electron chi connectivity index (χ4n) is 4.95. The molecule has 5 rings (SSSR count). The van der Waals surface area contributed by atoms with Gasteiger partial charge in [0.15, 0.2) is 0 Å². The molecule has 0 saturated heterocycles. The lowest BCUT2D eigenvalue weighted by Crippen LogP contribution is -2.30. The highest BCUT2D eigenvalue weighted by atomic mass is 32.2. The Morgan fingerprint density at radius 2 is 1.30 bits per heavy atom. The Morgan fingerprint density at radius 1 is 0.680 bits per heavy atom. The highest BCUT2D eigenvalue weighted by Gasteiger charge is 2.31. The first kappa shape index (κ1) is 35.7. The van der Waals surface area contributed by atoms with E-state index in [1.165, 1.54) is 23.9 Å². The van der Waals surface area contributed by atoms with Gasteiger partial charge in [-0.25, -0.2) is 0 Å². The van der Waals surface area contributed by atoms with Gasteiger partial charge in [-0.1, -0.05) is 98.8 Å². The molecule has 1 unspecified atom stereocenters. The molecule has 254 valence electrons. The van der Waals surface area contributed by atoms with Gasteiger partial charge in [0.05, 0.1) is 5.56 Å². The molecular formula is C40H34F3N3O3S. The number of hydrogen-bond acceptors (Lipinski definition) is 4. The highest BCUT2D eigenvalue weighted by molar-refractivity contribution is 8.00. The summed E-state index contributed by atoms with van der Waals surface area (Å²) in [5.41, 5.74) is 2.44. The van der Waals surface area contributed by atoms with Crippen molar-refractivity contribution in [2.75, 3.05) is 10.6 Å². The number of hydrogen-bond donors (Lipinski definition) is 3. The van der Waals surface area contributed by atoms with Crippen LogP contribution in [0.15, 0.2) is 144 Å². The van der Waals surface area contributed by atoms with Gasteiger partial charge in [0.1, 0.15) is 10.9 Å². The summed E-state index contributed by atoms with van der Waals surface area (Å²) in [6.45, 7) is 4.17. The van der Waals surface area contributed by atoms with Gasteiger partial charge in [-0.2, -0.15) is 13.2 Å². The third-order valence-corrected chi connectivity index (χ3v) is 8.83. The minimum atomic E-state index is -4.56. The van der Waals surface area contributed by atoms with Gasteiger partial charge in [-0.05, 0) is 77.2 Å². The molecule has 0 aliphatic rings. The number of alkyl halides is 3. The number of carbonyl (C=O) groups is 3. The summed E-state index contributed by atoms with van der Waals surface area (Å²) in [6.07, 6.45) is -2.96. The average Bonchev–Trinajstić information content (AvgIpc) is 3.11. The van der Waals surface area contributed by atoms with E-state index < -0.39 is 34.7 Å². The third-order valence-electron chi connectivity index (χ3n) is 7.59. The van der Waals surface area contributed by atoms with Crippen LogP contribution in [0.4, 0.5) is 24.5 Å². The molecule has 0 aromatic heterocycles. The summed E-state index contributed by atoms with van der Waals surface area (Å²) in [7, 11) is 0. The van der Waals surface area contributed by atoms with Crippen molar-refractivity contribution in [2.24, 2.45) is 0 Å². The fourth-order valence-corrected chi connectivity index (χ4v) is 6.03. The molecule has 10 heteroatoms. The molecule has 5 aromatic rings. The average molecular weight is 694 g/mol. The Morgan fingerprint density at radius 3 is 1.94 bits per heavy atom. The topological polar surface area (TPSA) is 87.3 Å². The van der Waals surface area contributed by atoms with Gasteiger partial charge in [0.2, 0.25) is 5.91 Å². The smallest absolute Gasteiger partial charge is 0.325 e. The van der Waals surface area contributed by atoms with E-state index >= 15 is 0 Å². The molecule has 0 saturated carbocycles. The largest absolute Gasteiger partial charge is 0.416 e. The minimum Gasteiger partial charge on any atom is -0.325 e. The SMILES string of the molecule is CC(C)c1ccc(/C=C(/NC(=O)c2ccccc2)C(=O)Nc2cccc(SC(C(=O)Nc3cccc(C(F)(F)F)c3)c3ccccc3)c2)cc1. The second kappa shape index (κ2) is 16.2. The van der Waals surface area contributed by atoms with Crippen molar-refractivity contribution in [3.05, 3.63) is 167 Å². The second-order valence-electron chi connectivity index (χ2n) is 11.7. The maximum atomic E-state index is 13.7. The van der Waals surface area contributed by atoms with E-state index in [9.17, 15) is 27.6 Å². The number of thioether (sulfide) groups is 1. The first-order valence-electron chi connectivity index (χ1n) is 15.8. The minimum absolute atomic E-state index is 0.0167. The lowest BCUT2D eigenvalue weighted by Gasteiger charge is -2.18. The summed E-state index contributed by atoms with van der Waals surface area (Å²) in [6, 6.07) is 36.4. The van der Waals surface area contributed by atoms with Crippen molar-refractivity contribution in [1.82, 2.24) is 5.32 Å². The van der Waals surface area contributed by atoms with E-state index in [2.05, 4.69) is 29.8 Å². The molecule has 0 radical (unpaired) electrons. The Balaban J connectivity index is 1.38. The van der Waals surface area contributed by atoms with Gasteiger partial charge in [-0.15, -0.1) is 11.8 Å². The number of rotatable bonds is 11. The van der Waals surface area contributed by atoms with E-state index in [1.807, 2.05) is 24.3 Å². The number of carbonyl (C=O) groups excluding carboxylic acids is 3. The predicted octanol–water partition coefficient (Wildman–Crippen LogP) is 9.71. The quantitative estimate of drug-likeness (QED) is 0.0950. The molecule has 0 heterocycles. The van der Waals surface area contributed by atoms with Crippen molar-refractivity contribution >= 4 is 46.9 Å². The Bertz CT molecular complexity index is 1980. The Labute approximate surface area is 292 Å². The molecular weight excluding hydrogens is 660 g/mol. The first-order chi connectivity index (χ1) is 24.0. The summed E-state index contributed by atoms with van der Waals surface area (Å²) >= 11 is 1.17. The molecule has 0 fully saturated rings. The Kier molecular flexibility index (Phi) is 11.6. The maximum absolute atomic E-state index is 13.7. The summed E-state index contributed by atoms with van der Waals surface area (Å²) in [5.74, 6) is -1.21. The van der Waals surface area contributed by atoms with Crippen LogP contribution < -0.4 is 16.0 Å². The molecule has 0 spiro atoms. The van der Waals surface area contributed by atoms with Gasteiger partial charge in [-0.3, -0.25) is 14.4 Å². The van der Waals surface area contributed by atoms with Gasteiger partial charge < -0.3 is 16.0 Å². The molecule has 0 aliphatic heterocycles. The molecule has 3 N–H and O–H groups in total. The van der Waals surface area contributed by atoms with Crippen molar-refractivity contribution in [2.45, 2.75) is 36.1 Å². The molecule has 6 nitrogen and oxygen atoms in total. The number of amides is 3. The summed E-state index contributed by atoms with van der Waals surface area (Å²) in [4.78, 5) is 40.9. The van der Waals surface area contributed by atoms with Crippen LogP contribution in [0.3, 0.4) is 0 Å². The first-order valence-corrected chi connectivity index (χ1v) is 16.6. The van der Waals surface area contributed by atoms with Crippen LogP contribution in [0, 0.1) is 0 Å². The van der Waals surface area contributed by atoms with E-state index in [0.717, 1.165) is 23.3 Å². The zero-order valence-corrected chi connectivity index (χ0v) is 28.0. The molecule has 0 bridgehead atoms.